The lowest BCUT2D eigenvalue weighted by atomic mass is 10.1. The second-order valence-corrected chi connectivity index (χ2v) is 6.37. The van der Waals surface area contributed by atoms with Crippen LogP contribution in [0.2, 0.25) is 0 Å². The molecule has 0 aliphatic heterocycles. The molecule has 0 saturated carbocycles. The summed E-state index contributed by atoms with van der Waals surface area (Å²) in [5.74, 6) is -0.768. The van der Waals surface area contributed by atoms with E-state index in [1.54, 1.807) is 36.4 Å². The molecule has 2 aromatic carbocycles. The second-order valence-electron chi connectivity index (χ2n) is 5.52. The lowest BCUT2D eigenvalue weighted by molar-refractivity contribution is -0.123. The highest BCUT2D eigenvalue weighted by atomic mass is 79.9. The molecular formula is C19H18BrNO5. The highest BCUT2D eigenvalue weighted by Crippen LogP contribution is 2.23. The van der Waals surface area contributed by atoms with Crippen molar-refractivity contribution in [3.05, 3.63) is 58.1 Å². The van der Waals surface area contributed by atoms with E-state index in [9.17, 15) is 14.4 Å². The molecule has 7 heteroatoms. The lowest BCUT2D eigenvalue weighted by Gasteiger charge is -2.15. The second kappa shape index (κ2) is 8.62. The fraction of sp³-hybridized carbons (Fsp3) is 0.211. The highest BCUT2D eigenvalue weighted by Gasteiger charge is 2.21. The number of carbonyl (C=O) groups excluding carboxylic acids is 3. The van der Waals surface area contributed by atoms with Crippen molar-refractivity contribution >= 4 is 39.3 Å². The molecule has 0 aliphatic carbocycles. The Hall–Kier alpha value is -2.67. The Morgan fingerprint density at radius 2 is 1.85 bits per heavy atom. The van der Waals surface area contributed by atoms with Crippen LogP contribution in [0.15, 0.2) is 46.9 Å². The molecule has 0 unspecified atom stereocenters. The fourth-order valence-corrected chi connectivity index (χ4v) is 2.53. The molecule has 2 rings (SSSR count). The van der Waals surface area contributed by atoms with Crippen molar-refractivity contribution in [1.29, 1.82) is 0 Å². The van der Waals surface area contributed by atoms with Crippen LogP contribution in [0.5, 0.6) is 5.75 Å². The minimum atomic E-state index is -1.03. The summed E-state index contributed by atoms with van der Waals surface area (Å²) in [6.07, 6.45) is -1.03. The summed E-state index contributed by atoms with van der Waals surface area (Å²) in [7, 11) is 1.49. The molecule has 2 aromatic rings. The Kier molecular flexibility index (Phi) is 6.52. The first-order valence-corrected chi connectivity index (χ1v) is 8.57. The van der Waals surface area contributed by atoms with Crippen LogP contribution in [0, 0.1) is 0 Å². The zero-order valence-electron chi connectivity index (χ0n) is 14.5. The maximum absolute atomic E-state index is 12.3. The van der Waals surface area contributed by atoms with Gasteiger partial charge in [0.15, 0.2) is 11.9 Å². The average molecular weight is 420 g/mol. The third kappa shape index (κ3) is 4.92. The van der Waals surface area contributed by atoms with Crippen LogP contribution in [-0.4, -0.2) is 30.9 Å². The van der Waals surface area contributed by atoms with Crippen LogP contribution < -0.4 is 10.1 Å². The van der Waals surface area contributed by atoms with Crippen LogP contribution in [0.3, 0.4) is 0 Å². The summed E-state index contributed by atoms with van der Waals surface area (Å²) >= 11 is 3.27. The van der Waals surface area contributed by atoms with E-state index in [1.807, 2.05) is 0 Å². The molecule has 0 radical (unpaired) electrons. The van der Waals surface area contributed by atoms with Gasteiger partial charge in [0.1, 0.15) is 5.75 Å². The maximum atomic E-state index is 12.3. The van der Waals surface area contributed by atoms with E-state index in [0.29, 0.717) is 21.5 Å². The van der Waals surface area contributed by atoms with Gasteiger partial charge in [0.05, 0.1) is 12.7 Å². The number of hydrogen-bond donors (Lipinski definition) is 1. The number of ether oxygens (including phenoxy) is 2. The van der Waals surface area contributed by atoms with E-state index in [-0.39, 0.29) is 11.3 Å². The van der Waals surface area contributed by atoms with Crippen molar-refractivity contribution in [2.24, 2.45) is 0 Å². The summed E-state index contributed by atoms with van der Waals surface area (Å²) in [6, 6.07) is 11.4. The van der Waals surface area contributed by atoms with Crippen molar-refractivity contribution in [3.63, 3.8) is 0 Å². The van der Waals surface area contributed by atoms with Crippen molar-refractivity contribution in [1.82, 2.24) is 0 Å². The zero-order valence-corrected chi connectivity index (χ0v) is 16.1. The largest absolute Gasteiger partial charge is 0.497 e. The number of esters is 1. The molecule has 6 nitrogen and oxygen atoms in total. The van der Waals surface area contributed by atoms with Crippen molar-refractivity contribution < 1.29 is 23.9 Å². The number of benzene rings is 2. The first kappa shape index (κ1) is 19.7. The molecular weight excluding hydrogens is 402 g/mol. The molecule has 1 amide bonds. The Bertz CT molecular complexity index is 850. The Balaban J connectivity index is 2.06. The van der Waals surface area contributed by atoms with Gasteiger partial charge in [0.25, 0.3) is 5.91 Å². The highest BCUT2D eigenvalue weighted by molar-refractivity contribution is 9.10. The SMILES string of the molecule is COc1ccc(Br)c(C(=O)O[C@H](C)C(=O)Nc2cccc(C(C)=O)c2)c1. The third-order valence-corrected chi connectivity index (χ3v) is 4.27. The van der Waals surface area contributed by atoms with Crippen molar-refractivity contribution in [3.8, 4) is 5.75 Å². The number of rotatable bonds is 6. The molecule has 0 fully saturated rings. The van der Waals surface area contributed by atoms with Gasteiger partial charge in [-0.15, -0.1) is 0 Å². The van der Waals surface area contributed by atoms with Gasteiger partial charge in [-0.3, -0.25) is 9.59 Å². The Labute approximate surface area is 159 Å². The number of halogens is 1. The summed E-state index contributed by atoms with van der Waals surface area (Å²) in [6.45, 7) is 2.91. The summed E-state index contributed by atoms with van der Waals surface area (Å²) in [5.41, 5.74) is 1.18. The predicted molar refractivity (Wildman–Crippen MR) is 101 cm³/mol. The normalized spacial score (nSPS) is 11.4. The zero-order chi connectivity index (χ0) is 19.3. The van der Waals surface area contributed by atoms with Crippen LogP contribution in [0.25, 0.3) is 0 Å². The van der Waals surface area contributed by atoms with Crippen LogP contribution >= 0.6 is 15.9 Å². The van der Waals surface area contributed by atoms with E-state index in [2.05, 4.69) is 21.2 Å². The van der Waals surface area contributed by atoms with E-state index >= 15 is 0 Å². The van der Waals surface area contributed by atoms with Gasteiger partial charge in [-0.25, -0.2) is 4.79 Å². The monoisotopic (exact) mass is 419 g/mol. The topological polar surface area (TPSA) is 81.7 Å². The Morgan fingerprint density at radius 1 is 1.12 bits per heavy atom. The third-order valence-electron chi connectivity index (χ3n) is 3.58. The number of methoxy groups -OCH3 is 1. The minimum absolute atomic E-state index is 0.108. The first-order chi connectivity index (χ1) is 12.3. The van der Waals surface area contributed by atoms with Gasteiger partial charge in [-0.05, 0) is 60.1 Å². The van der Waals surface area contributed by atoms with Crippen molar-refractivity contribution in [2.45, 2.75) is 20.0 Å². The van der Waals surface area contributed by atoms with Crippen molar-refractivity contribution in [2.75, 3.05) is 12.4 Å². The van der Waals surface area contributed by atoms with E-state index in [0.717, 1.165) is 0 Å². The minimum Gasteiger partial charge on any atom is -0.497 e. The van der Waals surface area contributed by atoms with E-state index in [1.165, 1.54) is 27.0 Å². The number of hydrogen-bond acceptors (Lipinski definition) is 5. The number of Topliss-reactive ketones (excluding diaryl/α,β-unsaturated/α-hetero) is 1. The molecule has 0 heterocycles. The van der Waals surface area contributed by atoms with Crippen LogP contribution in [0.4, 0.5) is 5.69 Å². The number of amides is 1. The number of anilines is 1. The summed E-state index contributed by atoms with van der Waals surface area (Å²) in [5, 5.41) is 2.63. The van der Waals surface area contributed by atoms with Crippen LogP contribution in [-0.2, 0) is 9.53 Å². The smallest absolute Gasteiger partial charge is 0.340 e. The molecule has 0 aliphatic rings. The fourth-order valence-electron chi connectivity index (χ4n) is 2.13. The van der Waals surface area contributed by atoms with Gasteiger partial charge in [-0.1, -0.05) is 12.1 Å². The quantitative estimate of drug-likeness (QED) is 0.567. The van der Waals surface area contributed by atoms with E-state index < -0.39 is 18.0 Å². The van der Waals surface area contributed by atoms with Gasteiger partial charge in [-0.2, -0.15) is 0 Å². The summed E-state index contributed by atoms with van der Waals surface area (Å²) < 4.78 is 10.8. The lowest BCUT2D eigenvalue weighted by Crippen LogP contribution is -2.30. The van der Waals surface area contributed by atoms with Gasteiger partial charge in [0, 0.05) is 15.7 Å². The molecule has 0 bridgehead atoms. The molecule has 1 N–H and O–H groups in total. The van der Waals surface area contributed by atoms with E-state index in [4.69, 9.17) is 9.47 Å². The summed E-state index contributed by atoms with van der Waals surface area (Å²) in [4.78, 5) is 36.0. The van der Waals surface area contributed by atoms with Gasteiger partial charge < -0.3 is 14.8 Å². The predicted octanol–water partition coefficient (Wildman–Crippen LogP) is 3.84. The maximum Gasteiger partial charge on any atom is 0.340 e. The molecule has 26 heavy (non-hydrogen) atoms. The average Bonchev–Trinajstić information content (AvgIpc) is 2.62. The number of ketones is 1. The molecule has 1 atom stereocenters. The first-order valence-electron chi connectivity index (χ1n) is 7.78. The number of nitrogens with one attached hydrogen (secondary N) is 1. The van der Waals surface area contributed by atoms with Crippen LogP contribution in [0.1, 0.15) is 34.6 Å². The molecule has 0 aromatic heterocycles. The molecule has 136 valence electrons. The number of carbonyl (C=O) groups is 3. The molecule has 0 spiro atoms. The standard InChI is InChI=1S/C19H18BrNO5/c1-11(22)13-5-4-6-14(9-13)21-18(23)12(2)26-19(24)16-10-15(25-3)7-8-17(16)20/h4-10,12H,1-3H3,(H,21,23)/t12-/m1/s1. The Morgan fingerprint density at radius 3 is 2.50 bits per heavy atom. The van der Waals surface area contributed by atoms with Gasteiger partial charge in [0.2, 0.25) is 0 Å². The van der Waals surface area contributed by atoms with Gasteiger partial charge >= 0.3 is 5.97 Å². The molecule has 0 saturated heterocycles.